The molecule has 0 unspecified atom stereocenters. The van der Waals surface area contributed by atoms with Crippen LogP contribution < -0.4 is 10.2 Å². The Hall–Kier alpha value is -3.96. The van der Waals surface area contributed by atoms with Crippen molar-refractivity contribution in [2.24, 2.45) is 5.41 Å². The fourth-order valence-electron chi connectivity index (χ4n) is 5.25. The molecule has 2 fully saturated rings. The van der Waals surface area contributed by atoms with Gasteiger partial charge in [-0.3, -0.25) is 14.8 Å². The summed E-state index contributed by atoms with van der Waals surface area (Å²) in [5, 5.41) is 3.64. The molecule has 6 rings (SSSR count). The van der Waals surface area contributed by atoms with Crippen LogP contribution >= 0.6 is 0 Å². The molecule has 6 heterocycles. The first-order valence-electron chi connectivity index (χ1n) is 12.7. The van der Waals surface area contributed by atoms with Gasteiger partial charge in [0.15, 0.2) is 9.84 Å². The molecule has 2 saturated heterocycles. The molecule has 11 heteroatoms. The minimum absolute atomic E-state index is 0.0100. The number of fused-ring (bicyclic) bond motifs is 1. The Kier molecular flexibility index (Phi) is 6.27. The van der Waals surface area contributed by atoms with Crippen LogP contribution in [0.1, 0.15) is 29.4 Å². The molecule has 0 bridgehead atoms. The van der Waals surface area contributed by atoms with Crippen LogP contribution in [0, 0.1) is 5.41 Å². The average molecular weight is 545 g/mol. The van der Waals surface area contributed by atoms with E-state index in [1.165, 1.54) is 18.5 Å². The number of carbonyl (C=O) groups is 1. The third kappa shape index (κ3) is 5.19. The van der Waals surface area contributed by atoms with Gasteiger partial charge in [0, 0.05) is 48.7 Å². The second-order valence-electron chi connectivity index (χ2n) is 10.5. The van der Waals surface area contributed by atoms with E-state index in [2.05, 4.69) is 27.1 Å². The summed E-state index contributed by atoms with van der Waals surface area (Å²) < 4.78 is 29.3. The topological polar surface area (TPSA) is 127 Å². The number of pyridine rings is 4. The van der Waals surface area contributed by atoms with E-state index in [1.54, 1.807) is 6.20 Å². The number of sulfone groups is 1. The van der Waals surface area contributed by atoms with Gasteiger partial charge in [-0.25, -0.2) is 18.4 Å². The van der Waals surface area contributed by atoms with E-state index in [-0.39, 0.29) is 22.4 Å². The van der Waals surface area contributed by atoms with E-state index in [1.807, 2.05) is 36.4 Å². The normalized spacial score (nSPS) is 18.3. The van der Waals surface area contributed by atoms with Crippen LogP contribution in [0.3, 0.4) is 0 Å². The molecular formula is C28H28N6O4S. The first-order valence-corrected chi connectivity index (χ1v) is 14.6. The van der Waals surface area contributed by atoms with Crippen molar-refractivity contribution in [1.82, 2.24) is 25.3 Å². The summed E-state index contributed by atoms with van der Waals surface area (Å²) in [5.41, 5.74) is 3.31. The number of ether oxygens (including phenoxy) is 1. The van der Waals surface area contributed by atoms with Crippen molar-refractivity contribution in [3.63, 3.8) is 0 Å². The number of amides is 1. The zero-order valence-corrected chi connectivity index (χ0v) is 22.5. The first-order chi connectivity index (χ1) is 18.7. The van der Waals surface area contributed by atoms with Crippen molar-refractivity contribution in [2.75, 3.05) is 30.9 Å². The number of rotatable bonds is 6. The lowest BCUT2D eigenvalue weighted by Gasteiger charge is -2.48. The van der Waals surface area contributed by atoms with E-state index in [0.717, 1.165) is 60.5 Å². The summed E-state index contributed by atoms with van der Waals surface area (Å²) >= 11 is 0. The molecule has 1 amide bonds. The number of anilines is 1. The maximum atomic E-state index is 12.6. The number of aromatic nitrogens is 4. The predicted octanol–water partition coefficient (Wildman–Crippen LogP) is 3.04. The Labute approximate surface area is 226 Å². The molecule has 39 heavy (non-hydrogen) atoms. The molecule has 0 saturated carbocycles. The molecule has 4 aromatic rings. The van der Waals surface area contributed by atoms with Crippen molar-refractivity contribution >= 4 is 32.5 Å². The highest BCUT2D eigenvalue weighted by Gasteiger charge is 2.48. The molecule has 0 aliphatic carbocycles. The van der Waals surface area contributed by atoms with E-state index >= 15 is 0 Å². The minimum Gasteiger partial charge on any atom is -0.378 e. The third-order valence-corrected chi connectivity index (χ3v) is 8.31. The number of nitrogens with zero attached hydrogens (tertiary/aromatic N) is 5. The molecular weight excluding hydrogens is 516 g/mol. The molecule has 2 aliphatic heterocycles. The zero-order chi connectivity index (χ0) is 27.2. The molecule has 4 aromatic heterocycles. The van der Waals surface area contributed by atoms with Gasteiger partial charge in [-0.15, -0.1) is 0 Å². The van der Waals surface area contributed by atoms with E-state index < -0.39 is 15.7 Å². The van der Waals surface area contributed by atoms with E-state index in [0.29, 0.717) is 11.8 Å². The van der Waals surface area contributed by atoms with Crippen LogP contribution in [0.4, 0.5) is 5.82 Å². The summed E-state index contributed by atoms with van der Waals surface area (Å²) in [6.45, 7) is 5.00. The summed E-state index contributed by atoms with van der Waals surface area (Å²) in [5.74, 6) is 0.496. The largest absolute Gasteiger partial charge is 0.378 e. The van der Waals surface area contributed by atoms with Gasteiger partial charge < -0.3 is 15.0 Å². The van der Waals surface area contributed by atoms with Crippen LogP contribution in [0.5, 0.6) is 0 Å². The number of hydrogen-bond acceptors (Lipinski definition) is 9. The van der Waals surface area contributed by atoms with Crippen molar-refractivity contribution in [3.05, 3.63) is 72.3 Å². The third-order valence-electron chi connectivity index (χ3n) is 7.23. The highest BCUT2D eigenvalue weighted by atomic mass is 32.2. The molecule has 1 atom stereocenters. The number of carbonyl (C=O) groups excluding carboxylic acids is 1. The van der Waals surface area contributed by atoms with Crippen molar-refractivity contribution in [1.29, 1.82) is 0 Å². The fourth-order valence-corrected chi connectivity index (χ4v) is 5.84. The Morgan fingerprint density at radius 2 is 1.92 bits per heavy atom. The van der Waals surface area contributed by atoms with E-state index in [9.17, 15) is 13.2 Å². The molecule has 0 radical (unpaired) electrons. The van der Waals surface area contributed by atoms with E-state index in [4.69, 9.17) is 14.7 Å². The van der Waals surface area contributed by atoms with Gasteiger partial charge in [-0.2, -0.15) is 0 Å². The highest BCUT2D eigenvalue weighted by molar-refractivity contribution is 7.90. The Balaban J connectivity index is 1.17. The Morgan fingerprint density at radius 3 is 2.69 bits per heavy atom. The van der Waals surface area contributed by atoms with Crippen molar-refractivity contribution in [2.45, 2.75) is 30.9 Å². The average Bonchev–Trinajstić information content (AvgIpc) is 3.32. The highest BCUT2D eigenvalue weighted by Crippen LogP contribution is 2.42. The lowest BCUT2D eigenvalue weighted by atomic mass is 9.78. The van der Waals surface area contributed by atoms with Crippen LogP contribution in [-0.4, -0.2) is 66.3 Å². The van der Waals surface area contributed by atoms with Gasteiger partial charge in [0.2, 0.25) is 0 Å². The lowest BCUT2D eigenvalue weighted by Crippen LogP contribution is -2.57. The van der Waals surface area contributed by atoms with Crippen LogP contribution in [0.15, 0.2) is 66.0 Å². The second kappa shape index (κ2) is 9.65. The summed E-state index contributed by atoms with van der Waals surface area (Å²) in [7, 11) is -3.47. The fraction of sp³-hybridized carbons (Fsp3) is 0.321. The van der Waals surface area contributed by atoms with Crippen LogP contribution in [0.2, 0.25) is 0 Å². The molecule has 0 aromatic carbocycles. The van der Waals surface area contributed by atoms with Gasteiger partial charge in [0.05, 0.1) is 52.3 Å². The standard InChI is InChI=1S/C28H28N6O4S/c1-18-10-28(17-38-18)15-34(16-28)26-5-3-4-23(33-26)24-7-6-19-12-30-21(9-25(19)32-24)13-31-27(35)20-8-22(14-29-11-20)39(2,36)37/h3-9,11-12,14,18H,10,13,15-17H2,1-2H3,(H,31,35)/t18-/m1/s1. The van der Waals surface area contributed by atoms with Gasteiger partial charge in [0.25, 0.3) is 5.91 Å². The molecule has 1 spiro atoms. The van der Waals surface area contributed by atoms with Gasteiger partial charge in [-0.1, -0.05) is 6.07 Å². The molecule has 2 aliphatic rings. The number of nitrogens with one attached hydrogen (secondary N) is 1. The Morgan fingerprint density at radius 1 is 1.10 bits per heavy atom. The second-order valence-corrected chi connectivity index (χ2v) is 12.5. The Bertz CT molecular complexity index is 1690. The molecule has 200 valence electrons. The van der Waals surface area contributed by atoms with Gasteiger partial charge in [-0.05, 0) is 49.7 Å². The first kappa shape index (κ1) is 25.3. The maximum Gasteiger partial charge on any atom is 0.253 e. The summed E-state index contributed by atoms with van der Waals surface area (Å²) in [6.07, 6.45) is 6.75. The van der Waals surface area contributed by atoms with Crippen molar-refractivity contribution < 1.29 is 17.9 Å². The predicted molar refractivity (Wildman–Crippen MR) is 146 cm³/mol. The lowest BCUT2D eigenvalue weighted by molar-refractivity contribution is 0.0949. The van der Waals surface area contributed by atoms with Crippen LogP contribution in [-0.2, 0) is 21.1 Å². The van der Waals surface area contributed by atoms with Gasteiger partial charge >= 0.3 is 0 Å². The minimum atomic E-state index is -3.47. The monoisotopic (exact) mass is 544 g/mol. The quantitative estimate of drug-likeness (QED) is 0.390. The van der Waals surface area contributed by atoms with Gasteiger partial charge in [0.1, 0.15) is 5.82 Å². The number of hydrogen-bond donors (Lipinski definition) is 1. The SMILES string of the molecule is C[C@@H]1CC2(CO1)CN(c1cccc(-c3ccc4cnc(CNC(=O)c5cncc(S(C)(=O)=O)c5)cc4n3)n1)C2. The molecule has 10 nitrogen and oxygen atoms in total. The smallest absolute Gasteiger partial charge is 0.253 e. The molecule has 1 N–H and O–H groups in total. The van der Waals surface area contributed by atoms with Crippen molar-refractivity contribution in [3.8, 4) is 11.4 Å². The maximum absolute atomic E-state index is 12.6. The zero-order valence-electron chi connectivity index (χ0n) is 21.7. The van der Waals surface area contributed by atoms with Crippen LogP contribution in [0.25, 0.3) is 22.3 Å². The summed E-state index contributed by atoms with van der Waals surface area (Å²) in [4.78, 5) is 32.9. The summed E-state index contributed by atoms with van der Waals surface area (Å²) in [6, 6.07) is 13.0.